The molecular formula is C22H30ClNO3. The van der Waals surface area contributed by atoms with Gasteiger partial charge in [0.25, 0.3) is 0 Å². The van der Waals surface area contributed by atoms with Crippen molar-refractivity contribution in [1.82, 2.24) is 5.32 Å². The molecule has 0 spiro atoms. The molecule has 0 atom stereocenters. The van der Waals surface area contributed by atoms with Crippen LogP contribution in [0.5, 0.6) is 11.5 Å². The largest absolute Gasteiger partial charge is 0.490 e. The quantitative estimate of drug-likeness (QED) is 0.544. The number of methoxy groups -OCH3 is 1. The minimum atomic E-state index is 0. The first kappa shape index (κ1) is 21.5. The molecule has 0 heterocycles. The number of rotatable bonds is 12. The standard InChI is InChI=1S/C22H29NO3.ClH/c1-24-14-5-15-25-22-16-18(12-13-23-20-9-10-20)8-11-21(22)26-17-19-6-3-2-4-7-19;/h2-4,6-8,11,16,20,23H,5,9-10,12-15,17H2,1H3;1H. The van der Waals surface area contributed by atoms with Crippen molar-refractivity contribution in [2.45, 2.75) is 38.3 Å². The Balaban J connectivity index is 0.00000261. The van der Waals surface area contributed by atoms with E-state index in [2.05, 4.69) is 29.6 Å². The Morgan fingerprint density at radius 3 is 2.48 bits per heavy atom. The van der Waals surface area contributed by atoms with Crippen LogP contribution in [0.3, 0.4) is 0 Å². The summed E-state index contributed by atoms with van der Waals surface area (Å²) in [6.45, 7) is 2.88. The Labute approximate surface area is 168 Å². The molecular weight excluding hydrogens is 362 g/mol. The Kier molecular flexibility index (Phi) is 9.46. The van der Waals surface area contributed by atoms with Crippen molar-refractivity contribution >= 4 is 12.4 Å². The Bertz CT molecular complexity index is 662. The van der Waals surface area contributed by atoms with Crippen LogP contribution < -0.4 is 14.8 Å². The summed E-state index contributed by atoms with van der Waals surface area (Å²) in [5.74, 6) is 1.62. The topological polar surface area (TPSA) is 39.7 Å². The van der Waals surface area contributed by atoms with Crippen LogP contribution in [0.2, 0.25) is 0 Å². The molecule has 0 aliphatic heterocycles. The van der Waals surface area contributed by atoms with Crippen LogP contribution in [-0.2, 0) is 17.8 Å². The van der Waals surface area contributed by atoms with Crippen molar-refractivity contribution in [1.29, 1.82) is 0 Å². The number of halogens is 1. The fourth-order valence-electron chi connectivity index (χ4n) is 2.77. The van der Waals surface area contributed by atoms with E-state index >= 15 is 0 Å². The first-order valence-corrected chi connectivity index (χ1v) is 9.50. The molecule has 2 aromatic rings. The lowest BCUT2D eigenvalue weighted by atomic mass is 10.1. The molecule has 2 aromatic carbocycles. The van der Waals surface area contributed by atoms with Gasteiger partial charge in [0.05, 0.1) is 6.61 Å². The molecule has 1 fully saturated rings. The minimum absolute atomic E-state index is 0. The van der Waals surface area contributed by atoms with E-state index in [0.717, 1.165) is 42.5 Å². The lowest BCUT2D eigenvalue weighted by molar-refractivity contribution is 0.169. The maximum atomic E-state index is 6.02. The molecule has 1 aliphatic carbocycles. The third kappa shape index (κ3) is 7.79. The van der Waals surface area contributed by atoms with Gasteiger partial charge in [-0.1, -0.05) is 36.4 Å². The van der Waals surface area contributed by atoms with Gasteiger partial charge >= 0.3 is 0 Å². The van der Waals surface area contributed by atoms with Gasteiger partial charge in [-0.3, -0.25) is 0 Å². The summed E-state index contributed by atoms with van der Waals surface area (Å²) in [6.07, 6.45) is 4.51. The molecule has 0 radical (unpaired) electrons. The SMILES string of the molecule is COCCCOc1cc(CCNC2CC2)ccc1OCc1ccccc1.Cl. The average Bonchev–Trinajstić information content (AvgIpc) is 3.50. The Morgan fingerprint density at radius 2 is 1.74 bits per heavy atom. The highest BCUT2D eigenvalue weighted by Crippen LogP contribution is 2.30. The van der Waals surface area contributed by atoms with E-state index in [1.807, 2.05) is 24.3 Å². The van der Waals surface area contributed by atoms with Gasteiger partial charge in [0.1, 0.15) is 6.61 Å². The molecule has 0 unspecified atom stereocenters. The summed E-state index contributed by atoms with van der Waals surface area (Å²) in [7, 11) is 1.71. The highest BCUT2D eigenvalue weighted by atomic mass is 35.5. The van der Waals surface area contributed by atoms with Gasteiger partial charge in [-0.2, -0.15) is 0 Å². The van der Waals surface area contributed by atoms with Crippen LogP contribution in [0.15, 0.2) is 48.5 Å². The third-order valence-electron chi connectivity index (χ3n) is 4.42. The maximum Gasteiger partial charge on any atom is 0.161 e. The first-order chi connectivity index (χ1) is 12.8. The summed E-state index contributed by atoms with van der Waals surface area (Å²) < 4.78 is 17.1. The molecule has 27 heavy (non-hydrogen) atoms. The lowest BCUT2D eigenvalue weighted by Gasteiger charge is -2.15. The minimum Gasteiger partial charge on any atom is -0.490 e. The maximum absolute atomic E-state index is 6.02. The molecule has 1 N–H and O–H groups in total. The van der Waals surface area contributed by atoms with Crippen LogP contribution in [0.4, 0.5) is 0 Å². The molecule has 0 saturated heterocycles. The van der Waals surface area contributed by atoms with Crippen LogP contribution in [-0.4, -0.2) is 32.9 Å². The molecule has 1 aliphatic rings. The second kappa shape index (κ2) is 11.9. The fourth-order valence-corrected chi connectivity index (χ4v) is 2.77. The molecule has 0 amide bonds. The van der Waals surface area contributed by atoms with E-state index in [-0.39, 0.29) is 12.4 Å². The molecule has 4 nitrogen and oxygen atoms in total. The van der Waals surface area contributed by atoms with E-state index in [9.17, 15) is 0 Å². The van der Waals surface area contributed by atoms with Gasteiger partial charge in [-0.25, -0.2) is 0 Å². The molecule has 3 rings (SSSR count). The van der Waals surface area contributed by atoms with Crippen molar-refractivity contribution in [3.63, 3.8) is 0 Å². The average molecular weight is 392 g/mol. The van der Waals surface area contributed by atoms with Gasteiger partial charge in [-0.05, 0) is 49.1 Å². The lowest BCUT2D eigenvalue weighted by Crippen LogP contribution is -2.19. The van der Waals surface area contributed by atoms with Crippen LogP contribution >= 0.6 is 12.4 Å². The molecule has 0 aromatic heterocycles. The van der Waals surface area contributed by atoms with Crippen LogP contribution in [0, 0.1) is 0 Å². The first-order valence-electron chi connectivity index (χ1n) is 9.50. The van der Waals surface area contributed by atoms with Crippen molar-refractivity contribution in [3.8, 4) is 11.5 Å². The second-order valence-corrected chi connectivity index (χ2v) is 6.73. The summed E-state index contributed by atoms with van der Waals surface area (Å²) in [5.41, 5.74) is 2.42. The summed E-state index contributed by atoms with van der Waals surface area (Å²) >= 11 is 0. The van der Waals surface area contributed by atoms with E-state index < -0.39 is 0 Å². The van der Waals surface area contributed by atoms with Crippen LogP contribution in [0.1, 0.15) is 30.4 Å². The Hall–Kier alpha value is -1.75. The Morgan fingerprint density at radius 1 is 0.926 bits per heavy atom. The molecule has 1 saturated carbocycles. The van der Waals surface area contributed by atoms with Gasteiger partial charge in [0, 0.05) is 26.2 Å². The number of benzene rings is 2. The molecule has 148 valence electrons. The molecule has 0 bridgehead atoms. The zero-order valence-corrected chi connectivity index (χ0v) is 16.8. The number of hydrogen-bond acceptors (Lipinski definition) is 4. The van der Waals surface area contributed by atoms with E-state index in [1.54, 1.807) is 7.11 Å². The molecule has 5 heteroatoms. The summed E-state index contributed by atoms with van der Waals surface area (Å²) in [5, 5.41) is 3.56. The van der Waals surface area contributed by atoms with Crippen LogP contribution in [0.25, 0.3) is 0 Å². The predicted molar refractivity (Wildman–Crippen MR) is 111 cm³/mol. The van der Waals surface area contributed by atoms with E-state index in [4.69, 9.17) is 14.2 Å². The second-order valence-electron chi connectivity index (χ2n) is 6.73. The third-order valence-corrected chi connectivity index (χ3v) is 4.42. The monoisotopic (exact) mass is 391 g/mol. The predicted octanol–water partition coefficient (Wildman–Crippen LogP) is 4.40. The smallest absolute Gasteiger partial charge is 0.161 e. The normalized spacial score (nSPS) is 13.1. The highest BCUT2D eigenvalue weighted by Gasteiger charge is 2.19. The fraction of sp³-hybridized carbons (Fsp3) is 0.455. The number of ether oxygens (including phenoxy) is 3. The van der Waals surface area contributed by atoms with Crippen molar-refractivity contribution in [2.75, 3.05) is 26.9 Å². The summed E-state index contributed by atoms with van der Waals surface area (Å²) in [6, 6.07) is 17.2. The van der Waals surface area contributed by atoms with E-state index in [1.165, 1.54) is 18.4 Å². The van der Waals surface area contributed by atoms with Gasteiger partial charge in [0.2, 0.25) is 0 Å². The van der Waals surface area contributed by atoms with Gasteiger partial charge < -0.3 is 19.5 Å². The number of hydrogen-bond donors (Lipinski definition) is 1. The van der Waals surface area contributed by atoms with Crippen molar-refractivity contribution in [2.24, 2.45) is 0 Å². The van der Waals surface area contributed by atoms with Crippen molar-refractivity contribution < 1.29 is 14.2 Å². The summed E-state index contributed by atoms with van der Waals surface area (Å²) in [4.78, 5) is 0. The zero-order valence-electron chi connectivity index (χ0n) is 16.0. The van der Waals surface area contributed by atoms with Crippen molar-refractivity contribution in [3.05, 3.63) is 59.7 Å². The zero-order chi connectivity index (χ0) is 18.0. The highest BCUT2D eigenvalue weighted by molar-refractivity contribution is 5.85. The van der Waals surface area contributed by atoms with Gasteiger partial charge in [-0.15, -0.1) is 12.4 Å². The van der Waals surface area contributed by atoms with Gasteiger partial charge in [0.15, 0.2) is 11.5 Å². The van der Waals surface area contributed by atoms with E-state index in [0.29, 0.717) is 19.8 Å². The number of nitrogens with one attached hydrogen (secondary N) is 1.